The summed E-state index contributed by atoms with van der Waals surface area (Å²) < 4.78 is 21.1. The molecule has 2 rings (SSSR count). The molecule has 0 spiro atoms. The van der Waals surface area contributed by atoms with Gasteiger partial charge >= 0.3 is 0 Å². The molecule has 0 unspecified atom stereocenters. The van der Waals surface area contributed by atoms with Crippen molar-refractivity contribution >= 4 is 46.6 Å². The van der Waals surface area contributed by atoms with Crippen molar-refractivity contribution in [1.82, 2.24) is 15.0 Å². The Labute approximate surface area is 131 Å². The second kappa shape index (κ2) is 6.09. The second-order valence-electron chi connectivity index (χ2n) is 5.79. The maximum Gasteiger partial charge on any atom is 0.158 e. The van der Waals surface area contributed by atoms with Gasteiger partial charge in [-0.25, -0.2) is 9.07 Å². The molecule has 1 heterocycles. The smallest absolute Gasteiger partial charge is 0.158 e. The highest BCUT2D eigenvalue weighted by Crippen LogP contribution is 2.30. The van der Waals surface area contributed by atoms with Crippen LogP contribution in [0.2, 0.25) is 30.7 Å². The lowest BCUT2D eigenvalue weighted by molar-refractivity contribution is 0.0802. The lowest BCUT2D eigenvalue weighted by Crippen LogP contribution is -2.22. The fraction of sp³-hybridized carbons (Fsp3) is 0.500. The molecule has 0 saturated carbocycles. The number of aromatic nitrogens is 3. The van der Waals surface area contributed by atoms with E-state index in [1.807, 2.05) is 0 Å². The molecular weight excluding hydrogens is 365 g/mol. The Bertz CT molecular complexity index is 629. The molecule has 0 bridgehead atoms. The minimum Gasteiger partial charge on any atom is -0.359 e. The Morgan fingerprint density at radius 2 is 2.15 bits per heavy atom. The van der Waals surface area contributed by atoms with Crippen LogP contribution in [0.1, 0.15) is 0 Å². The SMILES string of the molecule is C[Si](C)(C)CCOCn1nnc2cc(Br)c(F)c(Cl)c21. The average Bonchev–Trinajstić information content (AvgIpc) is 2.74. The van der Waals surface area contributed by atoms with E-state index in [-0.39, 0.29) is 16.2 Å². The Morgan fingerprint density at radius 3 is 2.80 bits per heavy atom. The summed E-state index contributed by atoms with van der Waals surface area (Å²) in [6, 6.07) is 2.62. The number of hydrogen-bond donors (Lipinski definition) is 0. The molecular formula is C12H16BrClFN3OSi. The number of rotatable bonds is 5. The van der Waals surface area contributed by atoms with Gasteiger partial charge in [-0.05, 0) is 28.0 Å². The predicted molar refractivity (Wildman–Crippen MR) is 84.3 cm³/mol. The molecule has 0 aliphatic heterocycles. The summed E-state index contributed by atoms with van der Waals surface area (Å²) in [5.41, 5.74) is 0.998. The zero-order valence-corrected chi connectivity index (χ0v) is 14.9. The molecule has 110 valence electrons. The van der Waals surface area contributed by atoms with E-state index < -0.39 is 13.9 Å². The van der Waals surface area contributed by atoms with Gasteiger partial charge < -0.3 is 4.74 Å². The molecule has 1 aromatic carbocycles. The van der Waals surface area contributed by atoms with Crippen LogP contribution in [0.25, 0.3) is 11.0 Å². The van der Waals surface area contributed by atoms with Crippen LogP contribution in [0.4, 0.5) is 4.39 Å². The molecule has 0 amide bonds. The molecule has 0 radical (unpaired) electrons. The van der Waals surface area contributed by atoms with Crippen molar-refractivity contribution in [2.75, 3.05) is 6.61 Å². The molecule has 0 fully saturated rings. The minimum absolute atomic E-state index is 0.00757. The topological polar surface area (TPSA) is 39.9 Å². The summed E-state index contributed by atoms with van der Waals surface area (Å²) in [5, 5.41) is 7.93. The predicted octanol–water partition coefficient (Wildman–Crippen LogP) is 4.30. The average molecular weight is 381 g/mol. The molecule has 4 nitrogen and oxygen atoms in total. The van der Waals surface area contributed by atoms with Crippen molar-refractivity contribution in [3.8, 4) is 0 Å². The highest BCUT2D eigenvalue weighted by Gasteiger charge is 2.17. The third-order valence-electron chi connectivity index (χ3n) is 2.84. The van der Waals surface area contributed by atoms with Gasteiger partial charge in [-0.3, -0.25) is 0 Å². The van der Waals surface area contributed by atoms with Crippen molar-refractivity contribution in [2.24, 2.45) is 0 Å². The third-order valence-corrected chi connectivity index (χ3v) is 5.47. The second-order valence-corrected chi connectivity index (χ2v) is 12.6. The zero-order chi connectivity index (χ0) is 14.9. The number of benzene rings is 1. The Morgan fingerprint density at radius 1 is 1.45 bits per heavy atom. The Kier molecular flexibility index (Phi) is 4.83. The third kappa shape index (κ3) is 3.57. The summed E-state index contributed by atoms with van der Waals surface area (Å²) in [5.74, 6) is -0.509. The summed E-state index contributed by atoms with van der Waals surface area (Å²) in [7, 11) is -1.12. The van der Waals surface area contributed by atoms with Gasteiger partial charge in [0.2, 0.25) is 0 Å². The normalized spacial score (nSPS) is 12.3. The van der Waals surface area contributed by atoms with Gasteiger partial charge in [-0.1, -0.05) is 36.5 Å². The van der Waals surface area contributed by atoms with Gasteiger partial charge in [-0.2, -0.15) is 0 Å². The Balaban J connectivity index is 2.14. The Hall–Kier alpha value is -0.503. The first-order chi connectivity index (χ1) is 9.29. The van der Waals surface area contributed by atoms with Crippen molar-refractivity contribution in [1.29, 1.82) is 0 Å². The van der Waals surface area contributed by atoms with Crippen LogP contribution in [0.15, 0.2) is 10.5 Å². The van der Waals surface area contributed by atoms with Gasteiger partial charge in [0.05, 0.1) is 4.47 Å². The molecule has 0 atom stereocenters. The van der Waals surface area contributed by atoms with Gasteiger partial charge in [0.15, 0.2) is 5.82 Å². The van der Waals surface area contributed by atoms with Crippen LogP contribution >= 0.6 is 27.5 Å². The lowest BCUT2D eigenvalue weighted by Gasteiger charge is -2.15. The van der Waals surface area contributed by atoms with Gasteiger partial charge in [0.1, 0.15) is 22.8 Å². The van der Waals surface area contributed by atoms with Crippen molar-refractivity contribution < 1.29 is 9.13 Å². The zero-order valence-electron chi connectivity index (χ0n) is 11.6. The lowest BCUT2D eigenvalue weighted by atomic mass is 10.3. The van der Waals surface area contributed by atoms with Gasteiger partial charge in [0.25, 0.3) is 0 Å². The number of ether oxygens (including phenoxy) is 1. The van der Waals surface area contributed by atoms with Crippen molar-refractivity contribution in [2.45, 2.75) is 32.4 Å². The maximum atomic E-state index is 13.8. The van der Waals surface area contributed by atoms with Crippen LogP contribution in [0, 0.1) is 5.82 Å². The molecule has 0 aliphatic rings. The fourth-order valence-corrected chi connectivity index (χ4v) is 3.24. The highest BCUT2D eigenvalue weighted by atomic mass is 79.9. The molecule has 0 saturated heterocycles. The van der Waals surface area contributed by atoms with Gasteiger partial charge in [-0.15, -0.1) is 5.10 Å². The van der Waals surface area contributed by atoms with Crippen LogP contribution in [-0.4, -0.2) is 29.7 Å². The standard InChI is InChI=1S/C12H16BrClFN3OSi/c1-20(2,3)5-4-19-7-18-12-9(16-17-18)6-8(13)11(15)10(12)14/h6H,4-5,7H2,1-3H3. The van der Waals surface area contributed by atoms with E-state index in [1.165, 1.54) is 4.68 Å². The molecule has 2 aromatic rings. The monoisotopic (exact) mass is 379 g/mol. The van der Waals surface area contributed by atoms with Crippen molar-refractivity contribution in [3.05, 3.63) is 21.4 Å². The summed E-state index contributed by atoms with van der Waals surface area (Å²) in [4.78, 5) is 0. The molecule has 8 heteroatoms. The van der Waals surface area contributed by atoms with Gasteiger partial charge in [0, 0.05) is 14.7 Å². The van der Waals surface area contributed by atoms with E-state index >= 15 is 0 Å². The van der Waals surface area contributed by atoms with Crippen LogP contribution in [0.3, 0.4) is 0 Å². The fourth-order valence-electron chi connectivity index (χ4n) is 1.66. The summed E-state index contributed by atoms with van der Waals surface area (Å²) in [6.07, 6.45) is 0. The first-order valence-electron chi connectivity index (χ1n) is 6.24. The van der Waals surface area contributed by atoms with E-state index in [4.69, 9.17) is 16.3 Å². The first-order valence-corrected chi connectivity index (χ1v) is 11.1. The van der Waals surface area contributed by atoms with E-state index in [0.29, 0.717) is 17.6 Å². The van der Waals surface area contributed by atoms with Crippen molar-refractivity contribution in [3.63, 3.8) is 0 Å². The molecule has 20 heavy (non-hydrogen) atoms. The number of halogens is 3. The maximum absolute atomic E-state index is 13.8. The van der Waals surface area contributed by atoms with Crippen LogP contribution < -0.4 is 0 Å². The number of fused-ring (bicyclic) bond motifs is 1. The first kappa shape index (κ1) is 15.9. The summed E-state index contributed by atoms with van der Waals surface area (Å²) >= 11 is 9.11. The quantitative estimate of drug-likeness (QED) is 0.441. The molecule has 1 aromatic heterocycles. The van der Waals surface area contributed by atoms with E-state index in [2.05, 4.69) is 45.9 Å². The summed E-state index contributed by atoms with van der Waals surface area (Å²) in [6.45, 7) is 7.73. The molecule has 0 N–H and O–H groups in total. The van der Waals surface area contributed by atoms with E-state index in [9.17, 15) is 4.39 Å². The highest BCUT2D eigenvalue weighted by molar-refractivity contribution is 9.10. The van der Waals surface area contributed by atoms with E-state index in [0.717, 1.165) is 6.04 Å². The number of hydrogen-bond acceptors (Lipinski definition) is 3. The van der Waals surface area contributed by atoms with E-state index in [1.54, 1.807) is 6.07 Å². The van der Waals surface area contributed by atoms with Crippen LogP contribution in [0.5, 0.6) is 0 Å². The minimum atomic E-state index is -1.12. The molecule has 0 aliphatic carbocycles. The number of nitrogens with zero attached hydrogens (tertiary/aromatic N) is 3. The van der Waals surface area contributed by atoms with Crippen LogP contribution in [-0.2, 0) is 11.5 Å². The largest absolute Gasteiger partial charge is 0.359 e.